The van der Waals surface area contributed by atoms with Crippen LogP contribution in [-0.4, -0.2) is 18.0 Å². The zero-order valence-electron chi connectivity index (χ0n) is 8.77. The standard InChI is InChI=1S/C12H9IN3O/c14-6-7-5-8-11(13-7)15-9-3-1-2-4-10(9)16-12(8)17/h1-5,9-10,15H,(H,16,17)/q-1. The molecule has 2 N–H and O–H groups in total. The van der Waals surface area contributed by atoms with E-state index in [9.17, 15) is 4.79 Å². The number of allylic oxidation sites excluding steroid dienone is 3. The number of amides is 1. The van der Waals surface area contributed by atoms with Crippen molar-refractivity contribution in [2.24, 2.45) is 0 Å². The first-order valence-electron chi connectivity index (χ1n) is 5.21. The summed E-state index contributed by atoms with van der Waals surface area (Å²) in [5, 5.41) is 15.2. The van der Waals surface area contributed by atoms with Gasteiger partial charge in [0.2, 0.25) is 0 Å². The summed E-state index contributed by atoms with van der Waals surface area (Å²) in [6.45, 7) is 0. The summed E-state index contributed by atoms with van der Waals surface area (Å²) in [4.78, 5) is 12.0. The minimum atomic E-state index is -0.514. The van der Waals surface area contributed by atoms with E-state index >= 15 is 0 Å². The van der Waals surface area contributed by atoms with Crippen molar-refractivity contribution in [3.8, 4) is 6.07 Å². The van der Waals surface area contributed by atoms with E-state index in [4.69, 9.17) is 5.26 Å². The van der Waals surface area contributed by atoms with Crippen LogP contribution in [0.2, 0.25) is 0 Å². The van der Waals surface area contributed by atoms with Crippen LogP contribution in [-0.2, 0) is 4.79 Å². The molecule has 0 fully saturated rings. The Kier molecular flexibility index (Phi) is 2.52. The first-order chi connectivity index (χ1) is 8.28. The van der Waals surface area contributed by atoms with E-state index in [0.29, 0.717) is 5.57 Å². The molecular weight excluding hydrogens is 329 g/mol. The van der Waals surface area contributed by atoms with Crippen LogP contribution in [0, 0.1) is 11.3 Å². The second-order valence-electron chi connectivity index (χ2n) is 3.87. The van der Waals surface area contributed by atoms with Gasteiger partial charge in [-0.25, -0.2) is 0 Å². The van der Waals surface area contributed by atoms with E-state index in [1.807, 2.05) is 24.3 Å². The van der Waals surface area contributed by atoms with Gasteiger partial charge in [0.25, 0.3) is 0 Å². The van der Waals surface area contributed by atoms with Gasteiger partial charge in [-0.1, -0.05) is 0 Å². The maximum atomic E-state index is 12.0. The number of carbonyl (C=O) groups is 1. The number of rotatable bonds is 0. The molecule has 1 aliphatic carbocycles. The van der Waals surface area contributed by atoms with Crippen molar-refractivity contribution in [3.05, 3.63) is 43.2 Å². The third-order valence-corrected chi connectivity index (χ3v) is 5.35. The fraction of sp³-hybridized carbons (Fsp3) is 0.167. The third-order valence-electron chi connectivity index (χ3n) is 2.78. The van der Waals surface area contributed by atoms with Crippen LogP contribution in [0.1, 0.15) is 0 Å². The van der Waals surface area contributed by atoms with Crippen LogP contribution < -0.4 is 31.8 Å². The second-order valence-corrected chi connectivity index (χ2v) is 6.65. The zero-order valence-corrected chi connectivity index (χ0v) is 10.9. The number of hydrogen-bond donors (Lipinski definition) is 2. The predicted octanol–water partition coefficient (Wildman–Crippen LogP) is -2.71. The molecule has 0 aromatic carbocycles. The van der Waals surface area contributed by atoms with E-state index in [2.05, 4.69) is 16.7 Å². The molecule has 0 saturated carbocycles. The van der Waals surface area contributed by atoms with Crippen LogP contribution >= 0.6 is 0 Å². The average Bonchev–Trinajstić information content (AvgIpc) is 2.69. The van der Waals surface area contributed by atoms with Crippen molar-refractivity contribution in [2.75, 3.05) is 0 Å². The van der Waals surface area contributed by atoms with Crippen LogP contribution in [0.5, 0.6) is 0 Å². The molecule has 2 atom stereocenters. The number of hydrogen-bond acceptors (Lipinski definition) is 3. The van der Waals surface area contributed by atoms with Gasteiger partial charge < -0.3 is 0 Å². The second kappa shape index (κ2) is 4.04. The fourth-order valence-corrected chi connectivity index (χ4v) is 4.33. The molecular formula is C12H9IN3O-. The quantitative estimate of drug-likeness (QED) is 0.373. The zero-order chi connectivity index (χ0) is 11.8. The van der Waals surface area contributed by atoms with E-state index in [0.717, 1.165) is 7.28 Å². The summed E-state index contributed by atoms with van der Waals surface area (Å²) in [6.07, 6.45) is 9.64. The molecule has 0 aromatic rings. The van der Waals surface area contributed by atoms with Crippen LogP contribution in [0.25, 0.3) is 0 Å². The molecule has 0 saturated heterocycles. The molecule has 0 aromatic heterocycles. The molecule has 0 spiro atoms. The number of carbonyl (C=O) groups excluding carboxylic acids is 1. The Hall–Kier alpha value is -1.55. The molecule has 5 heteroatoms. The molecule has 2 unspecified atom stereocenters. The van der Waals surface area contributed by atoms with E-state index in [1.165, 1.54) is 0 Å². The van der Waals surface area contributed by atoms with Crippen LogP contribution in [0.3, 0.4) is 0 Å². The summed E-state index contributed by atoms with van der Waals surface area (Å²) in [6, 6.07) is 2.25. The van der Waals surface area contributed by atoms with E-state index in [1.54, 1.807) is 6.08 Å². The van der Waals surface area contributed by atoms with E-state index < -0.39 is 21.2 Å². The number of halogens is 1. The number of nitrogens with one attached hydrogen (secondary N) is 2. The number of nitriles is 1. The van der Waals surface area contributed by atoms with Gasteiger partial charge in [0.15, 0.2) is 0 Å². The summed E-state index contributed by atoms with van der Waals surface area (Å²) in [5.74, 6) is -0.0788. The Balaban J connectivity index is 1.94. The Morgan fingerprint density at radius 1 is 1.24 bits per heavy atom. The monoisotopic (exact) mass is 338 g/mol. The Morgan fingerprint density at radius 3 is 2.65 bits per heavy atom. The van der Waals surface area contributed by atoms with Crippen LogP contribution in [0.15, 0.2) is 43.2 Å². The molecule has 86 valence electrons. The Morgan fingerprint density at radius 2 is 1.94 bits per heavy atom. The molecule has 1 amide bonds. The van der Waals surface area contributed by atoms with Gasteiger partial charge in [0.1, 0.15) is 0 Å². The normalized spacial score (nSPS) is 30.1. The van der Waals surface area contributed by atoms with Crippen molar-refractivity contribution in [2.45, 2.75) is 12.1 Å². The molecule has 0 radical (unpaired) electrons. The van der Waals surface area contributed by atoms with Gasteiger partial charge in [-0.3, -0.25) is 0 Å². The maximum absolute atomic E-state index is 12.0. The molecule has 2 heterocycles. The number of nitrogens with zero attached hydrogens (tertiary/aromatic N) is 1. The minimum absolute atomic E-state index is 0.000966. The first-order valence-corrected chi connectivity index (χ1v) is 7.37. The van der Waals surface area contributed by atoms with Crippen LogP contribution in [0.4, 0.5) is 0 Å². The van der Waals surface area contributed by atoms with Gasteiger partial charge in [0, 0.05) is 0 Å². The number of fused-ring (bicyclic) bond motifs is 1. The van der Waals surface area contributed by atoms with Crippen molar-refractivity contribution in [1.29, 1.82) is 5.26 Å². The summed E-state index contributed by atoms with van der Waals surface area (Å²) in [5.41, 5.74) is 0.644. The Labute approximate surface area is 109 Å². The Bertz CT molecular complexity index is 551. The molecule has 4 nitrogen and oxygen atoms in total. The fourth-order valence-electron chi connectivity index (χ4n) is 1.95. The average molecular weight is 338 g/mol. The van der Waals surface area contributed by atoms with Gasteiger partial charge in [-0.05, 0) is 0 Å². The summed E-state index contributed by atoms with van der Waals surface area (Å²) < 4.78 is 1.70. The molecule has 2 aliphatic heterocycles. The predicted molar refractivity (Wildman–Crippen MR) is 57.9 cm³/mol. The van der Waals surface area contributed by atoms with Gasteiger partial charge in [-0.15, -0.1) is 0 Å². The van der Waals surface area contributed by atoms with Gasteiger partial charge >= 0.3 is 109 Å². The van der Waals surface area contributed by atoms with Gasteiger partial charge in [-0.2, -0.15) is 0 Å². The topological polar surface area (TPSA) is 64.9 Å². The van der Waals surface area contributed by atoms with Crippen molar-refractivity contribution in [3.63, 3.8) is 0 Å². The summed E-state index contributed by atoms with van der Waals surface area (Å²) >= 11 is -0.514. The molecule has 3 rings (SSSR count). The molecule has 3 aliphatic rings. The summed E-state index contributed by atoms with van der Waals surface area (Å²) in [7, 11) is 0. The van der Waals surface area contributed by atoms with Gasteiger partial charge in [0.05, 0.1) is 0 Å². The first kappa shape index (κ1) is 10.6. The molecule has 17 heavy (non-hydrogen) atoms. The van der Waals surface area contributed by atoms with Crippen molar-refractivity contribution >= 4 is 5.91 Å². The van der Waals surface area contributed by atoms with Crippen molar-refractivity contribution < 1.29 is 26.0 Å². The van der Waals surface area contributed by atoms with E-state index in [-0.39, 0.29) is 18.0 Å². The SMILES string of the molecule is N#CC1=CC2=C(NC3C=CC=CC3NC2=O)[I-]1. The molecule has 0 bridgehead atoms. The third kappa shape index (κ3) is 1.78. The van der Waals surface area contributed by atoms with Crippen molar-refractivity contribution in [1.82, 2.24) is 10.6 Å².